The van der Waals surface area contributed by atoms with Crippen LogP contribution in [0.25, 0.3) is 0 Å². The second kappa shape index (κ2) is 14.2. The van der Waals surface area contributed by atoms with Gasteiger partial charge in [0.15, 0.2) is 0 Å². The van der Waals surface area contributed by atoms with Crippen LogP contribution in [0.4, 0.5) is 0 Å². The van der Waals surface area contributed by atoms with Crippen molar-refractivity contribution < 1.29 is 9.53 Å². The Kier molecular flexibility index (Phi) is 12.8. The Morgan fingerprint density at radius 3 is 2.00 bits per heavy atom. The molecule has 0 radical (unpaired) electrons. The van der Waals surface area contributed by atoms with Crippen molar-refractivity contribution in [3.8, 4) is 0 Å². The lowest BCUT2D eigenvalue weighted by atomic mass is 9.70. The van der Waals surface area contributed by atoms with E-state index in [0.29, 0.717) is 0 Å². The van der Waals surface area contributed by atoms with Crippen LogP contribution < -0.4 is 0 Å². The largest absolute Gasteiger partial charge is 0.462 e. The first-order valence-electron chi connectivity index (χ1n) is 12.2. The predicted molar refractivity (Wildman–Crippen MR) is 122 cm³/mol. The number of allylic oxidation sites excluding steroid dienone is 1. The zero-order chi connectivity index (χ0) is 20.8. The van der Waals surface area contributed by atoms with Gasteiger partial charge in [0.05, 0.1) is 0 Å². The van der Waals surface area contributed by atoms with Gasteiger partial charge in [-0.25, -0.2) is 0 Å². The van der Waals surface area contributed by atoms with Crippen LogP contribution in [0.3, 0.4) is 0 Å². The number of ether oxygens (including phenoxy) is 1. The molecule has 2 nitrogen and oxygen atoms in total. The van der Waals surface area contributed by atoms with Gasteiger partial charge in [-0.3, -0.25) is 4.79 Å². The number of unbranched alkanes of at least 4 members (excludes halogenated alkanes) is 10. The van der Waals surface area contributed by atoms with Crippen molar-refractivity contribution in [3.05, 3.63) is 11.1 Å². The standard InChI is InChI=1S/C26H48O2/c1-6-7-8-9-10-11-12-13-14-15-16-19-24(28-23(3)27)21-25-22(2)18-17-20-26(25,4)5/h24H,6-21H2,1-5H3. The molecule has 0 fully saturated rings. The van der Waals surface area contributed by atoms with Gasteiger partial charge in [-0.15, -0.1) is 0 Å². The van der Waals surface area contributed by atoms with E-state index in [2.05, 4.69) is 27.7 Å². The normalized spacial score (nSPS) is 17.6. The summed E-state index contributed by atoms with van der Waals surface area (Å²) in [4.78, 5) is 11.6. The molecule has 0 spiro atoms. The molecular formula is C26H48O2. The summed E-state index contributed by atoms with van der Waals surface area (Å²) in [5, 5.41) is 0. The van der Waals surface area contributed by atoms with Gasteiger partial charge in [0.25, 0.3) is 0 Å². The van der Waals surface area contributed by atoms with Crippen LogP contribution in [0.1, 0.15) is 137 Å². The lowest BCUT2D eigenvalue weighted by Crippen LogP contribution is -2.26. The maximum absolute atomic E-state index is 11.6. The number of hydrogen-bond donors (Lipinski definition) is 0. The molecule has 0 saturated carbocycles. The minimum Gasteiger partial charge on any atom is -0.462 e. The SMILES string of the molecule is CCCCCCCCCCCCCC(CC1=C(C)CCCC1(C)C)OC(C)=O. The van der Waals surface area contributed by atoms with E-state index >= 15 is 0 Å². The predicted octanol–water partition coefficient (Wildman–Crippen LogP) is 8.54. The molecule has 0 aromatic rings. The summed E-state index contributed by atoms with van der Waals surface area (Å²) >= 11 is 0. The first-order chi connectivity index (χ1) is 13.4. The summed E-state index contributed by atoms with van der Waals surface area (Å²) < 4.78 is 5.71. The van der Waals surface area contributed by atoms with E-state index in [1.165, 1.54) is 95.5 Å². The van der Waals surface area contributed by atoms with Crippen LogP contribution in [0, 0.1) is 5.41 Å². The summed E-state index contributed by atoms with van der Waals surface area (Å²) in [5.41, 5.74) is 3.35. The second-order valence-corrected chi connectivity index (χ2v) is 9.76. The van der Waals surface area contributed by atoms with Crippen LogP contribution in [0.15, 0.2) is 11.1 Å². The number of hydrogen-bond acceptors (Lipinski definition) is 2. The van der Waals surface area contributed by atoms with Gasteiger partial charge in [0.1, 0.15) is 6.10 Å². The molecule has 0 N–H and O–H groups in total. The van der Waals surface area contributed by atoms with E-state index in [9.17, 15) is 4.79 Å². The Bertz CT molecular complexity index is 461. The third-order valence-corrected chi connectivity index (χ3v) is 6.58. The monoisotopic (exact) mass is 392 g/mol. The Hall–Kier alpha value is -0.790. The molecule has 0 amide bonds. The average Bonchev–Trinajstić information content (AvgIpc) is 2.62. The zero-order valence-corrected chi connectivity index (χ0v) is 19.7. The summed E-state index contributed by atoms with van der Waals surface area (Å²) in [5.74, 6) is -0.125. The van der Waals surface area contributed by atoms with Gasteiger partial charge in [0.2, 0.25) is 0 Å². The first kappa shape index (κ1) is 25.2. The van der Waals surface area contributed by atoms with E-state index in [-0.39, 0.29) is 17.5 Å². The fourth-order valence-electron chi connectivity index (χ4n) is 4.83. The van der Waals surface area contributed by atoms with Crippen molar-refractivity contribution in [2.75, 3.05) is 0 Å². The number of esters is 1. The molecule has 0 aromatic heterocycles. The molecule has 2 heteroatoms. The van der Waals surface area contributed by atoms with Crippen LogP contribution in [0.5, 0.6) is 0 Å². The summed E-state index contributed by atoms with van der Waals surface area (Å²) in [7, 11) is 0. The lowest BCUT2D eigenvalue weighted by molar-refractivity contribution is -0.146. The van der Waals surface area contributed by atoms with E-state index < -0.39 is 0 Å². The molecule has 1 aliphatic rings. The molecule has 28 heavy (non-hydrogen) atoms. The van der Waals surface area contributed by atoms with Gasteiger partial charge in [-0.2, -0.15) is 0 Å². The van der Waals surface area contributed by atoms with Crippen LogP contribution in [-0.2, 0) is 9.53 Å². The Morgan fingerprint density at radius 1 is 0.964 bits per heavy atom. The Morgan fingerprint density at radius 2 is 1.50 bits per heavy atom. The van der Waals surface area contributed by atoms with Crippen molar-refractivity contribution in [2.45, 2.75) is 143 Å². The molecule has 0 heterocycles. The summed E-state index contributed by atoms with van der Waals surface area (Å²) in [6.45, 7) is 10.8. The maximum Gasteiger partial charge on any atom is 0.302 e. The highest BCUT2D eigenvalue weighted by atomic mass is 16.5. The molecule has 0 bridgehead atoms. The number of carbonyl (C=O) groups is 1. The molecule has 1 aliphatic carbocycles. The van der Waals surface area contributed by atoms with Crippen molar-refractivity contribution in [1.29, 1.82) is 0 Å². The van der Waals surface area contributed by atoms with Crippen molar-refractivity contribution in [3.63, 3.8) is 0 Å². The topological polar surface area (TPSA) is 26.3 Å². The molecule has 1 atom stereocenters. The molecule has 0 aliphatic heterocycles. The summed E-state index contributed by atoms with van der Waals surface area (Å²) in [6, 6.07) is 0. The van der Waals surface area contributed by atoms with Gasteiger partial charge >= 0.3 is 5.97 Å². The minimum absolute atomic E-state index is 0.0680. The van der Waals surface area contributed by atoms with Crippen molar-refractivity contribution in [2.24, 2.45) is 5.41 Å². The fourth-order valence-corrected chi connectivity index (χ4v) is 4.83. The second-order valence-electron chi connectivity index (χ2n) is 9.76. The minimum atomic E-state index is -0.125. The van der Waals surface area contributed by atoms with Crippen LogP contribution in [0.2, 0.25) is 0 Å². The quantitative estimate of drug-likeness (QED) is 0.158. The van der Waals surface area contributed by atoms with Crippen molar-refractivity contribution in [1.82, 2.24) is 0 Å². The molecular weight excluding hydrogens is 344 g/mol. The lowest BCUT2D eigenvalue weighted by Gasteiger charge is -2.36. The molecule has 0 aromatic carbocycles. The van der Waals surface area contributed by atoms with E-state index in [0.717, 1.165) is 12.8 Å². The highest BCUT2D eigenvalue weighted by Crippen LogP contribution is 2.43. The smallest absolute Gasteiger partial charge is 0.302 e. The van der Waals surface area contributed by atoms with E-state index in [1.54, 1.807) is 12.5 Å². The Labute approximate surface area is 175 Å². The van der Waals surface area contributed by atoms with Crippen LogP contribution >= 0.6 is 0 Å². The maximum atomic E-state index is 11.6. The average molecular weight is 393 g/mol. The van der Waals surface area contributed by atoms with Gasteiger partial charge in [0, 0.05) is 13.3 Å². The highest BCUT2D eigenvalue weighted by Gasteiger charge is 2.30. The molecule has 1 rings (SSSR count). The first-order valence-corrected chi connectivity index (χ1v) is 12.2. The van der Waals surface area contributed by atoms with Crippen molar-refractivity contribution >= 4 is 5.97 Å². The number of carbonyl (C=O) groups excluding carboxylic acids is 1. The van der Waals surface area contributed by atoms with E-state index in [4.69, 9.17) is 4.74 Å². The van der Waals surface area contributed by atoms with Gasteiger partial charge in [-0.1, -0.05) is 96.1 Å². The highest BCUT2D eigenvalue weighted by molar-refractivity contribution is 5.66. The van der Waals surface area contributed by atoms with E-state index in [1.807, 2.05) is 0 Å². The Balaban J connectivity index is 2.26. The molecule has 0 saturated heterocycles. The fraction of sp³-hybridized carbons (Fsp3) is 0.885. The van der Waals surface area contributed by atoms with Gasteiger partial charge in [-0.05, 0) is 44.4 Å². The third kappa shape index (κ3) is 10.7. The third-order valence-electron chi connectivity index (χ3n) is 6.58. The summed E-state index contributed by atoms with van der Waals surface area (Å²) in [6.07, 6.45) is 20.7. The zero-order valence-electron chi connectivity index (χ0n) is 19.7. The molecule has 1 unspecified atom stereocenters. The van der Waals surface area contributed by atoms with Crippen LogP contribution in [-0.4, -0.2) is 12.1 Å². The number of rotatable bonds is 15. The van der Waals surface area contributed by atoms with Gasteiger partial charge < -0.3 is 4.74 Å². The molecule has 164 valence electrons.